The highest BCUT2D eigenvalue weighted by molar-refractivity contribution is 5.86. The molecule has 1 saturated carbocycles. The van der Waals surface area contributed by atoms with Gasteiger partial charge in [0.15, 0.2) is 0 Å². The predicted molar refractivity (Wildman–Crippen MR) is 93.4 cm³/mol. The van der Waals surface area contributed by atoms with Gasteiger partial charge in [0.25, 0.3) is 0 Å². The highest BCUT2D eigenvalue weighted by atomic mass is 35.5. The Labute approximate surface area is 148 Å². The number of nitrogens with zero attached hydrogens (tertiary/aromatic N) is 1. The third-order valence-corrected chi connectivity index (χ3v) is 4.24. The molecule has 24 heavy (non-hydrogen) atoms. The SMILES string of the molecule is Cl.NCC(=O)NCC(=O)N(CCc1cccc(F)c1)C1CCCC1. The molecule has 0 heterocycles. The average molecular weight is 358 g/mol. The Kier molecular flexibility index (Phi) is 8.71. The first-order chi connectivity index (χ1) is 11.1. The summed E-state index contributed by atoms with van der Waals surface area (Å²) in [7, 11) is 0. The fraction of sp³-hybridized carbons (Fsp3) is 0.529. The first kappa shape index (κ1) is 20.4. The maximum atomic E-state index is 13.3. The predicted octanol–water partition coefficient (Wildman–Crippen LogP) is 1.64. The normalized spacial score (nSPS) is 14.1. The summed E-state index contributed by atoms with van der Waals surface area (Å²) in [6.07, 6.45) is 4.80. The molecule has 2 rings (SSSR count). The molecule has 7 heteroatoms. The third-order valence-electron chi connectivity index (χ3n) is 4.24. The maximum Gasteiger partial charge on any atom is 0.242 e. The van der Waals surface area contributed by atoms with Crippen molar-refractivity contribution >= 4 is 24.2 Å². The lowest BCUT2D eigenvalue weighted by atomic mass is 10.1. The van der Waals surface area contributed by atoms with E-state index in [1.165, 1.54) is 12.1 Å². The number of carbonyl (C=O) groups excluding carboxylic acids is 2. The van der Waals surface area contributed by atoms with Crippen LogP contribution in [0.1, 0.15) is 31.2 Å². The Morgan fingerprint density at radius 1 is 1.29 bits per heavy atom. The van der Waals surface area contributed by atoms with E-state index >= 15 is 0 Å². The fourth-order valence-electron chi connectivity index (χ4n) is 3.02. The van der Waals surface area contributed by atoms with Gasteiger partial charge in [0.05, 0.1) is 13.1 Å². The summed E-state index contributed by atoms with van der Waals surface area (Å²) in [5.74, 6) is -0.707. The van der Waals surface area contributed by atoms with Gasteiger partial charge in [-0.15, -0.1) is 12.4 Å². The highest BCUT2D eigenvalue weighted by Gasteiger charge is 2.26. The van der Waals surface area contributed by atoms with E-state index in [1.807, 2.05) is 11.0 Å². The average Bonchev–Trinajstić information content (AvgIpc) is 3.07. The zero-order valence-electron chi connectivity index (χ0n) is 13.7. The van der Waals surface area contributed by atoms with Gasteiger partial charge in [-0.25, -0.2) is 4.39 Å². The van der Waals surface area contributed by atoms with Crippen LogP contribution in [0.3, 0.4) is 0 Å². The molecule has 1 aromatic rings. The number of amides is 2. The molecule has 1 aliphatic rings. The van der Waals surface area contributed by atoms with Crippen molar-refractivity contribution in [1.29, 1.82) is 0 Å². The second-order valence-electron chi connectivity index (χ2n) is 5.89. The van der Waals surface area contributed by atoms with Crippen LogP contribution in [0.4, 0.5) is 4.39 Å². The van der Waals surface area contributed by atoms with Crippen molar-refractivity contribution in [1.82, 2.24) is 10.2 Å². The van der Waals surface area contributed by atoms with Crippen molar-refractivity contribution in [2.24, 2.45) is 5.73 Å². The van der Waals surface area contributed by atoms with Gasteiger partial charge in [-0.1, -0.05) is 25.0 Å². The van der Waals surface area contributed by atoms with Crippen LogP contribution in [0.2, 0.25) is 0 Å². The molecule has 0 atom stereocenters. The molecule has 1 fully saturated rings. The van der Waals surface area contributed by atoms with Crippen LogP contribution in [0.25, 0.3) is 0 Å². The minimum absolute atomic E-state index is 0. The number of hydrogen-bond donors (Lipinski definition) is 2. The van der Waals surface area contributed by atoms with Gasteiger partial charge in [0.1, 0.15) is 5.82 Å². The summed E-state index contributed by atoms with van der Waals surface area (Å²) < 4.78 is 13.3. The zero-order chi connectivity index (χ0) is 16.7. The van der Waals surface area contributed by atoms with Crippen LogP contribution in [-0.2, 0) is 16.0 Å². The highest BCUT2D eigenvalue weighted by Crippen LogP contribution is 2.24. The Morgan fingerprint density at radius 2 is 2.00 bits per heavy atom. The minimum Gasteiger partial charge on any atom is -0.346 e. The number of carbonyl (C=O) groups is 2. The number of hydrogen-bond acceptors (Lipinski definition) is 3. The number of halogens is 2. The molecule has 3 N–H and O–H groups in total. The van der Waals surface area contributed by atoms with Crippen molar-refractivity contribution in [3.8, 4) is 0 Å². The monoisotopic (exact) mass is 357 g/mol. The smallest absolute Gasteiger partial charge is 0.242 e. The molecule has 1 aliphatic carbocycles. The molecule has 0 radical (unpaired) electrons. The fourth-order valence-corrected chi connectivity index (χ4v) is 3.02. The Balaban J connectivity index is 0.00000288. The molecule has 0 saturated heterocycles. The number of nitrogens with one attached hydrogen (secondary N) is 1. The summed E-state index contributed by atoms with van der Waals surface area (Å²) in [6, 6.07) is 6.65. The molecule has 134 valence electrons. The lowest BCUT2D eigenvalue weighted by Crippen LogP contribution is -2.46. The largest absolute Gasteiger partial charge is 0.346 e. The summed E-state index contributed by atoms with van der Waals surface area (Å²) >= 11 is 0. The van der Waals surface area contributed by atoms with Crippen LogP contribution in [0.5, 0.6) is 0 Å². The molecule has 1 aromatic carbocycles. The molecule has 0 aromatic heterocycles. The number of benzene rings is 1. The summed E-state index contributed by atoms with van der Waals surface area (Å²) in [5, 5.41) is 2.53. The van der Waals surface area contributed by atoms with Crippen molar-refractivity contribution in [3.05, 3.63) is 35.6 Å². The van der Waals surface area contributed by atoms with E-state index in [0.29, 0.717) is 13.0 Å². The van der Waals surface area contributed by atoms with Gasteiger partial charge < -0.3 is 16.0 Å². The number of nitrogens with two attached hydrogens (primary N) is 1. The quantitative estimate of drug-likeness (QED) is 0.779. The Morgan fingerprint density at radius 3 is 2.62 bits per heavy atom. The van der Waals surface area contributed by atoms with E-state index in [1.54, 1.807) is 6.07 Å². The topological polar surface area (TPSA) is 75.4 Å². The lowest BCUT2D eigenvalue weighted by molar-refractivity contribution is -0.134. The summed E-state index contributed by atoms with van der Waals surface area (Å²) in [4.78, 5) is 25.5. The van der Waals surface area contributed by atoms with E-state index in [2.05, 4.69) is 5.32 Å². The van der Waals surface area contributed by atoms with E-state index in [0.717, 1.165) is 31.2 Å². The van der Waals surface area contributed by atoms with E-state index in [9.17, 15) is 14.0 Å². The molecule has 2 amide bonds. The summed E-state index contributed by atoms with van der Waals surface area (Å²) in [5.41, 5.74) is 6.10. The van der Waals surface area contributed by atoms with Crippen LogP contribution in [0.15, 0.2) is 24.3 Å². The van der Waals surface area contributed by atoms with Gasteiger partial charge in [-0.2, -0.15) is 0 Å². The molecular weight excluding hydrogens is 333 g/mol. The zero-order valence-corrected chi connectivity index (χ0v) is 14.5. The van der Waals surface area contributed by atoms with Crippen molar-refractivity contribution in [2.75, 3.05) is 19.6 Å². The maximum absolute atomic E-state index is 13.3. The van der Waals surface area contributed by atoms with E-state index < -0.39 is 0 Å². The molecule has 0 unspecified atom stereocenters. The van der Waals surface area contributed by atoms with Crippen molar-refractivity contribution in [3.63, 3.8) is 0 Å². The van der Waals surface area contributed by atoms with Crippen LogP contribution in [-0.4, -0.2) is 42.4 Å². The van der Waals surface area contributed by atoms with E-state index in [-0.39, 0.29) is 49.2 Å². The van der Waals surface area contributed by atoms with Gasteiger partial charge in [-0.05, 0) is 37.0 Å². The molecule has 0 spiro atoms. The minimum atomic E-state index is -0.338. The second-order valence-corrected chi connectivity index (χ2v) is 5.89. The van der Waals surface area contributed by atoms with Crippen LogP contribution < -0.4 is 11.1 Å². The lowest BCUT2D eigenvalue weighted by Gasteiger charge is -2.29. The molecule has 0 aliphatic heterocycles. The second kappa shape index (κ2) is 10.3. The van der Waals surface area contributed by atoms with Crippen molar-refractivity contribution < 1.29 is 14.0 Å². The van der Waals surface area contributed by atoms with E-state index in [4.69, 9.17) is 5.73 Å². The molecule has 5 nitrogen and oxygen atoms in total. The Bertz CT molecular complexity index is 550. The standard InChI is InChI=1S/C17H24FN3O2.ClH/c18-14-5-3-4-13(10-14)8-9-21(15-6-1-2-7-15)17(23)12-20-16(22)11-19;/h3-5,10,15H,1-2,6-9,11-12,19H2,(H,20,22);1H. The number of rotatable bonds is 7. The summed E-state index contributed by atoms with van der Waals surface area (Å²) in [6.45, 7) is 0.376. The van der Waals surface area contributed by atoms with Crippen LogP contribution >= 0.6 is 12.4 Å². The van der Waals surface area contributed by atoms with Crippen LogP contribution in [0, 0.1) is 5.82 Å². The van der Waals surface area contributed by atoms with Gasteiger partial charge >= 0.3 is 0 Å². The molecular formula is C17H25ClFN3O2. The Hall–Kier alpha value is -1.66. The first-order valence-electron chi connectivity index (χ1n) is 8.11. The van der Waals surface area contributed by atoms with Gasteiger partial charge in [-0.3, -0.25) is 9.59 Å². The first-order valence-corrected chi connectivity index (χ1v) is 8.11. The van der Waals surface area contributed by atoms with Gasteiger partial charge in [0, 0.05) is 12.6 Å². The molecule has 0 bridgehead atoms. The van der Waals surface area contributed by atoms with Gasteiger partial charge in [0.2, 0.25) is 11.8 Å². The third kappa shape index (κ3) is 6.09. The van der Waals surface area contributed by atoms with Crippen molar-refractivity contribution in [2.45, 2.75) is 38.1 Å².